The molecule has 0 unspecified atom stereocenters. The van der Waals surface area contributed by atoms with Gasteiger partial charge < -0.3 is 15.2 Å². The average Bonchev–Trinajstić information content (AvgIpc) is 3.04. The molecule has 0 amide bonds. The number of hydrogen-bond donors (Lipinski definition) is 1. The molecule has 2 N–H and O–H groups in total. The van der Waals surface area contributed by atoms with Crippen molar-refractivity contribution in [2.45, 2.75) is 4.90 Å². The maximum Gasteiger partial charge on any atom is 0.284 e. The number of methoxy groups -OCH3 is 2. The first kappa shape index (κ1) is 16.8. The van der Waals surface area contributed by atoms with Gasteiger partial charge in [0.2, 0.25) is 0 Å². The number of rotatable bonds is 5. The lowest BCUT2D eigenvalue weighted by molar-refractivity contribution is 0.395. The molecular formula is C17H17N3O4S. The SMILES string of the molecule is COc1ccc(-c2cc(N)n(S(=O)(=O)c3ccccc3)n2)c(OC)c1. The third-order valence-electron chi connectivity index (χ3n) is 3.66. The molecule has 0 aliphatic heterocycles. The highest BCUT2D eigenvalue weighted by atomic mass is 32.2. The Bertz CT molecular complexity index is 998. The first-order valence-electron chi connectivity index (χ1n) is 7.36. The van der Waals surface area contributed by atoms with Crippen LogP contribution in [0.2, 0.25) is 0 Å². The second-order valence-corrected chi connectivity index (χ2v) is 6.95. The van der Waals surface area contributed by atoms with Gasteiger partial charge in [0, 0.05) is 17.7 Å². The van der Waals surface area contributed by atoms with Crippen LogP contribution < -0.4 is 15.2 Å². The number of ether oxygens (including phenoxy) is 2. The molecule has 25 heavy (non-hydrogen) atoms. The van der Waals surface area contributed by atoms with Crippen molar-refractivity contribution >= 4 is 15.8 Å². The number of nitrogens with two attached hydrogens (primary N) is 1. The van der Waals surface area contributed by atoms with Gasteiger partial charge in [-0.25, -0.2) is 0 Å². The lowest BCUT2D eigenvalue weighted by atomic mass is 10.1. The van der Waals surface area contributed by atoms with Crippen molar-refractivity contribution in [2.24, 2.45) is 0 Å². The van der Waals surface area contributed by atoms with Crippen LogP contribution in [0.15, 0.2) is 59.5 Å². The van der Waals surface area contributed by atoms with E-state index in [1.54, 1.807) is 43.5 Å². The van der Waals surface area contributed by atoms with E-state index >= 15 is 0 Å². The summed E-state index contributed by atoms with van der Waals surface area (Å²) in [6.07, 6.45) is 0. The molecule has 0 spiro atoms. The highest BCUT2D eigenvalue weighted by molar-refractivity contribution is 7.90. The van der Waals surface area contributed by atoms with E-state index in [0.717, 1.165) is 4.09 Å². The summed E-state index contributed by atoms with van der Waals surface area (Å²) in [7, 11) is -0.812. The maximum atomic E-state index is 12.7. The summed E-state index contributed by atoms with van der Waals surface area (Å²) in [6, 6.07) is 14.6. The standard InChI is InChI=1S/C17H17N3O4S/c1-23-12-8-9-14(16(10-12)24-2)15-11-17(18)20(19-15)25(21,22)13-6-4-3-5-7-13/h3-11H,18H2,1-2H3. The molecule has 0 bridgehead atoms. The van der Waals surface area contributed by atoms with E-state index in [-0.39, 0.29) is 10.7 Å². The summed E-state index contributed by atoms with van der Waals surface area (Å²) >= 11 is 0. The number of hydrogen-bond acceptors (Lipinski definition) is 6. The minimum Gasteiger partial charge on any atom is -0.497 e. The summed E-state index contributed by atoms with van der Waals surface area (Å²) in [5.74, 6) is 1.13. The molecule has 1 aromatic heterocycles. The Morgan fingerprint density at radius 1 is 1.00 bits per heavy atom. The predicted molar refractivity (Wildman–Crippen MR) is 94.2 cm³/mol. The predicted octanol–water partition coefficient (Wildman–Crippen LogP) is 2.39. The largest absolute Gasteiger partial charge is 0.497 e. The van der Waals surface area contributed by atoms with Gasteiger partial charge in [0.1, 0.15) is 17.3 Å². The minimum atomic E-state index is -3.87. The van der Waals surface area contributed by atoms with Crippen molar-refractivity contribution in [1.82, 2.24) is 9.19 Å². The van der Waals surface area contributed by atoms with Crippen LogP contribution in [0.3, 0.4) is 0 Å². The average molecular weight is 359 g/mol. The molecule has 130 valence electrons. The van der Waals surface area contributed by atoms with Crippen molar-refractivity contribution in [3.05, 3.63) is 54.6 Å². The third-order valence-corrected chi connectivity index (χ3v) is 5.27. The second-order valence-electron chi connectivity index (χ2n) is 5.18. The van der Waals surface area contributed by atoms with Crippen LogP contribution in [0, 0.1) is 0 Å². The van der Waals surface area contributed by atoms with Gasteiger partial charge in [-0.05, 0) is 24.3 Å². The van der Waals surface area contributed by atoms with Crippen molar-refractivity contribution in [3.8, 4) is 22.8 Å². The molecule has 0 aliphatic carbocycles. The van der Waals surface area contributed by atoms with Gasteiger partial charge in [-0.15, -0.1) is 4.09 Å². The van der Waals surface area contributed by atoms with E-state index in [9.17, 15) is 8.42 Å². The van der Waals surface area contributed by atoms with Gasteiger partial charge in [-0.1, -0.05) is 18.2 Å². The molecule has 0 radical (unpaired) electrons. The summed E-state index contributed by atoms with van der Waals surface area (Å²) in [5, 5.41) is 4.18. The Labute approximate surface area is 145 Å². The highest BCUT2D eigenvalue weighted by Crippen LogP contribution is 2.34. The van der Waals surface area contributed by atoms with Crippen molar-refractivity contribution in [3.63, 3.8) is 0 Å². The fraction of sp³-hybridized carbons (Fsp3) is 0.118. The zero-order chi connectivity index (χ0) is 18.0. The molecule has 3 aromatic rings. The number of nitrogens with zero attached hydrogens (tertiary/aromatic N) is 2. The Morgan fingerprint density at radius 3 is 2.36 bits per heavy atom. The van der Waals surface area contributed by atoms with Gasteiger partial charge in [0.15, 0.2) is 0 Å². The van der Waals surface area contributed by atoms with Gasteiger partial charge >= 0.3 is 0 Å². The molecular weight excluding hydrogens is 342 g/mol. The zero-order valence-electron chi connectivity index (χ0n) is 13.7. The van der Waals surface area contributed by atoms with Crippen molar-refractivity contribution in [2.75, 3.05) is 20.0 Å². The summed E-state index contributed by atoms with van der Waals surface area (Å²) in [5.41, 5.74) is 6.90. The van der Waals surface area contributed by atoms with Crippen molar-refractivity contribution in [1.29, 1.82) is 0 Å². The molecule has 7 nitrogen and oxygen atoms in total. The molecule has 0 aliphatic rings. The van der Waals surface area contributed by atoms with E-state index in [2.05, 4.69) is 5.10 Å². The monoisotopic (exact) mass is 359 g/mol. The molecule has 3 rings (SSSR count). The van der Waals surface area contributed by atoms with E-state index in [0.29, 0.717) is 22.8 Å². The zero-order valence-corrected chi connectivity index (χ0v) is 14.5. The molecule has 1 heterocycles. The maximum absolute atomic E-state index is 12.7. The van der Waals surface area contributed by atoms with Gasteiger partial charge in [-0.2, -0.15) is 13.5 Å². The van der Waals surface area contributed by atoms with E-state index in [1.165, 1.54) is 25.3 Å². The number of aromatic nitrogens is 2. The topological polar surface area (TPSA) is 96.4 Å². The molecule has 8 heteroatoms. The number of nitrogen functional groups attached to an aromatic ring is 1. The Morgan fingerprint density at radius 2 is 1.72 bits per heavy atom. The molecule has 0 atom stereocenters. The normalized spacial score (nSPS) is 11.3. The van der Waals surface area contributed by atoms with E-state index in [4.69, 9.17) is 15.2 Å². The van der Waals surface area contributed by atoms with Crippen LogP contribution in [0.25, 0.3) is 11.3 Å². The summed E-state index contributed by atoms with van der Waals surface area (Å²) in [6.45, 7) is 0. The van der Waals surface area contributed by atoms with E-state index in [1.807, 2.05) is 0 Å². The Hall–Kier alpha value is -3.00. The third kappa shape index (κ3) is 3.03. The second kappa shape index (κ2) is 6.48. The van der Waals surface area contributed by atoms with E-state index < -0.39 is 10.0 Å². The lowest BCUT2D eigenvalue weighted by Crippen LogP contribution is -2.16. The van der Waals surface area contributed by atoms with Gasteiger partial charge in [0.25, 0.3) is 10.0 Å². The summed E-state index contributed by atoms with van der Waals surface area (Å²) < 4.78 is 36.8. The highest BCUT2D eigenvalue weighted by Gasteiger charge is 2.22. The van der Waals surface area contributed by atoms with Gasteiger partial charge in [0.05, 0.1) is 24.8 Å². The first-order valence-corrected chi connectivity index (χ1v) is 8.80. The lowest BCUT2D eigenvalue weighted by Gasteiger charge is -2.08. The molecule has 0 saturated heterocycles. The fourth-order valence-corrected chi connectivity index (χ4v) is 3.63. The van der Waals surface area contributed by atoms with Gasteiger partial charge in [-0.3, -0.25) is 0 Å². The fourth-order valence-electron chi connectivity index (χ4n) is 2.41. The van der Waals surface area contributed by atoms with Crippen molar-refractivity contribution < 1.29 is 17.9 Å². The minimum absolute atomic E-state index is 0.0109. The summed E-state index contributed by atoms with van der Waals surface area (Å²) in [4.78, 5) is 0.109. The smallest absolute Gasteiger partial charge is 0.284 e. The number of anilines is 1. The van der Waals surface area contributed by atoms with Crippen LogP contribution in [-0.4, -0.2) is 31.8 Å². The Balaban J connectivity index is 2.10. The van der Waals surface area contributed by atoms with Crippen LogP contribution in [0.1, 0.15) is 0 Å². The molecule has 2 aromatic carbocycles. The van der Waals surface area contributed by atoms with Crippen LogP contribution in [-0.2, 0) is 10.0 Å². The van der Waals surface area contributed by atoms with Crippen LogP contribution in [0.5, 0.6) is 11.5 Å². The van der Waals surface area contributed by atoms with Crippen LogP contribution >= 0.6 is 0 Å². The number of benzene rings is 2. The molecule has 0 fully saturated rings. The Kier molecular flexibility index (Phi) is 4.37. The molecule has 0 saturated carbocycles. The van der Waals surface area contributed by atoms with Crippen LogP contribution in [0.4, 0.5) is 5.82 Å². The quantitative estimate of drug-likeness (QED) is 0.751. The first-order chi connectivity index (χ1) is 12.0.